The Morgan fingerprint density at radius 3 is 2.32 bits per heavy atom. The molecule has 0 radical (unpaired) electrons. The van der Waals surface area contributed by atoms with E-state index in [-0.39, 0.29) is 6.04 Å². The van der Waals surface area contributed by atoms with Crippen molar-refractivity contribution in [2.75, 3.05) is 14.2 Å². The Morgan fingerprint density at radius 1 is 1.21 bits per heavy atom. The van der Waals surface area contributed by atoms with Crippen LogP contribution in [0.15, 0.2) is 12.1 Å². The van der Waals surface area contributed by atoms with Gasteiger partial charge in [0.05, 0.1) is 20.3 Å². The summed E-state index contributed by atoms with van der Waals surface area (Å²) >= 11 is 0. The van der Waals surface area contributed by atoms with Gasteiger partial charge in [0, 0.05) is 12.1 Å². The number of hydrogen-bond acceptors (Lipinski definition) is 4. The molecule has 0 bridgehead atoms. The molecule has 1 saturated carbocycles. The highest BCUT2D eigenvalue weighted by Gasteiger charge is 2.27. The number of nitrogens with one attached hydrogen (secondary N) is 1. The van der Waals surface area contributed by atoms with E-state index in [1.807, 2.05) is 26.0 Å². The number of methoxy groups -OCH3 is 2. The van der Waals surface area contributed by atoms with Gasteiger partial charge in [0.1, 0.15) is 0 Å². The maximum Gasteiger partial charge on any atom is 0.161 e. The molecule has 2 N–H and O–H groups in total. The smallest absolute Gasteiger partial charge is 0.161 e. The van der Waals surface area contributed by atoms with Crippen LogP contribution in [-0.4, -0.2) is 31.4 Å². The van der Waals surface area contributed by atoms with Crippen molar-refractivity contribution < 1.29 is 14.6 Å². The molecule has 1 fully saturated rings. The third-order valence-corrected chi connectivity index (χ3v) is 3.64. The number of ether oxygens (including phenoxy) is 2. The van der Waals surface area contributed by atoms with Crippen molar-refractivity contribution in [2.45, 2.75) is 44.9 Å². The van der Waals surface area contributed by atoms with Gasteiger partial charge in [-0.2, -0.15) is 0 Å². The van der Waals surface area contributed by atoms with E-state index >= 15 is 0 Å². The number of aryl methyl sites for hydroxylation is 1. The highest BCUT2D eigenvalue weighted by Crippen LogP contribution is 2.34. The molecule has 1 aliphatic rings. The highest BCUT2D eigenvalue weighted by molar-refractivity contribution is 5.48. The molecule has 0 heterocycles. The summed E-state index contributed by atoms with van der Waals surface area (Å²) < 4.78 is 10.6. The van der Waals surface area contributed by atoms with Crippen LogP contribution in [-0.2, 0) is 0 Å². The molecule has 0 saturated heterocycles. The fourth-order valence-electron chi connectivity index (χ4n) is 2.30. The van der Waals surface area contributed by atoms with Crippen LogP contribution in [0.3, 0.4) is 0 Å². The van der Waals surface area contributed by atoms with Crippen molar-refractivity contribution in [3.63, 3.8) is 0 Å². The van der Waals surface area contributed by atoms with Crippen LogP contribution in [0.1, 0.15) is 37.0 Å². The summed E-state index contributed by atoms with van der Waals surface area (Å²) in [5.74, 6) is 1.35. The predicted molar refractivity (Wildman–Crippen MR) is 74.9 cm³/mol. The molecule has 1 aliphatic carbocycles. The molecule has 4 nitrogen and oxygen atoms in total. The van der Waals surface area contributed by atoms with E-state index in [1.54, 1.807) is 14.2 Å². The first-order chi connectivity index (χ1) is 9.06. The fraction of sp³-hybridized carbons (Fsp3) is 0.600. The van der Waals surface area contributed by atoms with Gasteiger partial charge >= 0.3 is 0 Å². The van der Waals surface area contributed by atoms with Crippen LogP contribution in [0.5, 0.6) is 11.5 Å². The number of aliphatic hydroxyl groups excluding tert-OH is 1. The summed E-state index contributed by atoms with van der Waals surface area (Å²) in [6.45, 7) is 3.99. The monoisotopic (exact) mass is 265 g/mol. The Kier molecular flexibility index (Phi) is 4.32. The maximum absolute atomic E-state index is 10.5. The Labute approximate surface area is 114 Å². The first-order valence-electron chi connectivity index (χ1n) is 6.73. The normalized spacial score (nSPS) is 17.9. The predicted octanol–water partition coefficient (Wildman–Crippen LogP) is 2.19. The van der Waals surface area contributed by atoms with Crippen LogP contribution in [0.25, 0.3) is 0 Å². The topological polar surface area (TPSA) is 50.7 Å². The van der Waals surface area contributed by atoms with Crippen LogP contribution in [0.2, 0.25) is 0 Å². The largest absolute Gasteiger partial charge is 0.493 e. The summed E-state index contributed by atoms with van der Waals surface area (Å²) in [5.41, 5.74) is 1.90. The maximum atomic E-state index is 10.5. The van der Waals surface area contributed by atoms with Gasteiger partial charge in [-0.25, -0.2) is 0 Å². The van der Waals surface area contributed by atoms with Crippen molar-refractivity contribution in [1.82, 2.24) is 5.32 Å². The first kappa shape index (κ1) is 14.2. The van der Waals surface area contributed by atoms with E-state index in [1.165, 1.54) is 12.8 Å². The minimum atomic E-state index is -0.541. The van der Waals surface area contributed by atoms with Gasteiger partial charge in [-0.05, 0) is 49.9 Å². The van der Waals surface area contributed by atoms with Gasteiger partial charge in [0.25, 0.3) is 0 Å². The third-order valence-electron chi connectivity index (χ3n) is 3.64. The standard InChI is InChI=1S/C15H23NO3/c1-9-7-13(18-3)14(19-4)8-12(9)15(17)10(2)16-11-5-6-11/h7-8,10-11,15-17H,5-6H2,1-4H3. The second-order valence-corrected chi connectivity index (χ2v) is 5.24. The second kappa shape index (κ2) is 5.80. The molecule has 1 aromatic rings. The van der Waals surface area contributed by atoms with Gasteiger partial charge in [-0.1, -0.05) is 0 Å². The summed E-state index contributed by atoms with van der Waals surface area (Å²) in [6, 6.07) is 4.37. The van der Waals surface area contributed by atoms with E-state index < -0.39 is 6.10 Å². The van der Waals surface area contributed by atoms with E-state index in [9.17, 15) is 5.11 Å². The Bertz CT molecular complexity index is 443. The van der Waals surface area contributed by atoms with E-state index in [4.69, 9.17) is 9.47 Å². The van der Waals surface area contributed by atoms with Crippen LogP contribution < -0.4 is 14.8 Å². The number of hydrogen-bond donors (Lipinski definition) is 2. The summed E-state index contributed by atoms with van der Waals surface area (Å²) in [5, 5.41) is 13.9. The summed E-state index contributed by atoms with van der Waals surface area (Å²) in [7, 11) is 3.22. The van der Waals surface area contributed by atoms with Gasteiger partial charge in [0.2, 0.25) is 0 Å². The van der Waals surface area contributed by atoms with E-state index in [2.05, 4.69) is 5.32 Å². The SMILES string of the molecule is COc1cc(C)c(C(O)C(C)NC2CC2)cc1OC. The zero-order valence-electron chi connectivity index (χ0n) is 12.1. The van der Waals surface area contributed by atoms with Gasteiger partial charge in [0.15, 0.2) is 11.5 Å². The Balaban J connectivity index is 2.21. The minimum Gasteiger partial charge on any atom is -0.493 e. The lowest BCUT2D eigenvalue weighted by atomic mass is 9.98. The molecule has 2 atom stereocenters. The van der Waals surface area contributed by atoms with Crippen molar-refractivity contribution in [2.24, 2.45) is 0 Å². The average Bonchev–Trinajstić information content (AvgIpc) is 3.21. The third kappa shape index (κ3) is 3.19. The lowest BCUT2D eigenvalue weighted by Gasteiger charge is -2.23. The quantitative estimate of drug-likeness (QED) is 0.828. The van der Waals surface area contributed by atoms with Crippen molar-refractivity contribution in [3.05, 3.63) is 23.3 Å². The van der Waals surface area contributed by atoms with Crippen LogP contribution in [0, 0.1) is 6.92 Å². The molecule has 0 aliphatic heterocycles. The van der Waals surface area contributed by atoms with Gasteiger partial charge in [-0.3, -0.25) is 0 Å². The van der Waals surface area contributed by atoms with E-state index in [0.717, 1.165) is 11.1 Å². The molecule has 4 heteroatoms. The van der Waals surface area contributed by atoms with Crippen LogP contribution in [0.4, 0.5) is 0 Å². The average molecular weight is 265 g/mol. The van der Waals surface area contributed by atoms with Crippen molar-refractivity contribution in [3.8, 4) is 11.5 Å². The molecule has 2 rings (SSSR count). The molecular weight excluding hydrogens is 242 g/mol. The molecule has 2 unspecified atom stereocenters. The van der Waals surface area contributed by atoms with Crippen molar-refractivity contribution in [1.29, 1.82) is 0 Å². The van der Waals surface area contributed by atoms with Crippen LogP contribution >= 0.6 is 0 Å². The van der Waals surface area contributed by atoms with Gasteiger partial charge < -0.3 is 19.9 Å². The molecule has 0 amide bonds. The summed E-state index contributed by atoms with van der Waals surface area (Å²) in [6.07, 6.45) is 1.88. The number of rotatable bonds is 6. The molecule has 0 aromatic heterocycles. The van der Waals surface area contributed by atoms with Crippen molar-refractivity contribution >= 4 is 0 Å². The summed E-state index contributed by atoms with van der Waals surface area (Å²) in [4.78, 5) is 0. The lowest BCUT2D eigenvalue weighted by molar-refractivity contribution is 0.134. The zero-order chi connectivity index (χ0) is 14.0. The Hall–Kier alpha value is -1.26. The lowest BCUT2D eigenvalue weighted by Crippen LogP contribution is -2.34. The minimum absolute atomic E-state index is 0.0318. The molecular formula is C15H23NO3. The Morgan fingerprint density at radius 2 is 1.79 bits per heavy atom. The number of benzene rings is 1. The highest BCUT2D eigenvalue weighted by atomic mass is 16.5. The molecule has 0 spiro atoms. The van der Waals surface area contributed by atoms with Gasteiger partial charge in [-0.15, -0.1) is 0 Å². The molecule has 19 heavy (non-hydrogen) atoms. The van der Waals surface area contributed by atoms with E-state index in [0.29, 0.717) is 17.5 Å². The molecule has 106 valence electrons. The second-order valence-electron chi connectivity index (χ2n) is 5.24. The first-order valence-corrected chi connectivity index (χ1v) is 6.73. The fourth-order valence-corrected chi connectivity index (χ4v) is 2.30. The number of aliphatic hydroxyl groups is 1. The molecule has 1 aromatic carbocycles. The zero-order valence-corrected chi connectivity index (χ0v) is 12.1.